The molecule has 0 atom stereocenters. The van der Waals surface area contributed by atoms with Gasteiger partial charge in [0.15, 0.2) is 12.4 Å². The Kier molecular flexibility index (Phi) is 5.78. The average molecular weight is 435 g/mol. The first-order valence-electron chi connectivity index (χ1n) is 9.59. The van der Waals surface area contributed by atoms with E-state index < -0.39 is 5.63 Å². The van der Waals surface area contributed by atoms with Crippen molar-refractivity contribution in [1.29, 1.82) is 0 Å². The quantitative estimate of drug-likeness (QED) is 0.288. The number of ether oxygens (including phenoxy) is 2. The molecule has 31 heavy (non-hydrogen) atoms. The smallest absolute Gasteiger partial charge is 0.344 e. The maximum Gasteiger partial charge on any atom is 0.344 e. The van der Waals surface area contributed by atoms with Crippen molar-refractivity contribution in [3.8, 4) is 22.6 Å². The Bertz CT molecular complexity index is 1310. The third-order valence-corrected chi connectivity index (χ3v) is 5.31. The van der Waals surface area contributed by atoms with E-state index in [4.69, 9.17) is 25.5 Å². The molecule has 0 unspecified atom stereocenters. The summed E-state index contributed by atoms with van der Waals surface area (Å²) in [7, 11) is 1.57. The fourth-order valence-corrected chi connectivity index (χ4v) is 3.51. The largest absolute Gasteiger partial charge is 0.497 e. The molecule has 0 aliphatic rings. The van der Waals surface area contributed by atoms with Crippen LogP contribution < -0.4 is 15.1 Å². The number of rotatable bonds is 6. The first kappa shape index (κ1) is 20.7. The van der Waals surface area contributed by atoms with Crippen LogP contribution in [0.15, 0.2) is 75.9 Å². The van der Waals surface area contributed by atoms with Crippen LogP contribution in [0.25, 0.3) is 22.1 Å². The molecule has 6 heteroatoms. The van der Waals surface area contributed by atoms with E-state index in [0.717, 1.165) is 16.5 Å². The number of fused-ring (bicyclic) bond motifs is 1. The predicted molar refractivity (Wildman–Crippen MR) is 120 cm³/mol. The lowest BCUT2D eigenvalue weighted by Gasteiger charge is -2.10. The van der Waals surface area contributed by atoms with Crippen molar-refractivity contribution < 1.29 is 18.7 Å². The van der Waals surface area contributed by atoms with E-state index in [1.807, 2.05) is 13.0 Å². The number of carbonyl (C=O) groups is 1. The van der Waals surface area contributed by atoms with Gasteiger partial charge in [-0.1, -0.05) is 23.7 Å². The number of halogens is 1. The van der Waals surface area contributed by atoms with E-state index in [1.54, 1.807) is 67.8 Å². The molecule has 3 aromatic carbocycles. The lowest BCUT2D eigenvalue weighted by atomic mass is 10.00. The standard InChI is InChI=1S/C25H19ClO5/c1-15-21-12-11-20(30-14-22(27)16-5-9-19(29-2)10-6-16)13-23(21)31-25(28)24(15)17-3-7-18(26)8-4-17/h3-13H,14H2,1-2H3. The molecule has 4 rings (SSSR count). The Hall–Kier alpha value is -3.57. The zero-order valence-electron chi connectivity index (χ0n) is 17.0. The number of hydrogen-bond acceptors (Lipinski definition) is 5. The molecular formula is C25H19ClO5. The Morgan fingerprint density at radius 3 is 2.32 bits per heavy atom. The van der Waals surface area contributed by atoms with Gasteiger partial charge in [-0.05, 0) is 66.6 Å². The number of carbonyl (C=O) groups excluding carboxylic acids is 1. The molecule has 0 N–H and O–H groups in total. The molecule has 156 valence electrons. The van der Waals surface area contributed by atoms with Crippen molar-refractivity contribution in [2.75, 3.05) is 13.7 Å². The minimum absolute atomic E-state index is 0.135. The van der Waals surface area contributed by atoms with Crippen molar-refractivity contribution in [3.63, 3.8) is 0 Å². The van der Waals surface area contributed by atoms with Crippen LogP contribution >= 0.6 is 11.6 Å². The third-order valence-electron chi connectivity index (χ3n) is 5.05. The van der Waals surface area contributed by atoms with Gasteiger partial charge in [0.2, 0.25) is 0 Å². The number of hydrogen-bond donors (Lipinski definition) is 0. The van der Waals surface area contributed by atoms with Crippen LogP contribution in [0.5, 0.6) is 11.5 Å². The molecule has 0 saturated carbocycles. The molecule has 0 amide bonds. The SMILES string of the molecule is COc1ccc(C(=O)COc2ccc3c(C)c(-c4ccc(Cl)cc4)c(=O)oc3c2)cc1. The van der Waals surface area contributed by atoms with E-state index in [9.17, 15) is 9.59 Å². The van der Waals surface area contributed by atoms with Gasteiger partial charge in [0, 0.05) is 22.0 Å². The average Bonchev–Trinajstić information content (AvgIpc) is 2.78. The Morgan fingerprint density at radius 1 is 0.968 bits per heavy atom. The molecule has 4 aromatic rings. The van der Waals surface area contributed by atoms with Crippen molar-refractivity contribution in [2.45, 2.75) is 6.92 Å². The Labute approximate surface area is 183 Å². The summed E-state index contributed by atoms with van der Waals surface area (Å²) in [6, 6.07) is 19.0. The number of methoxy groups -OCH3 is 1. The Morgan fingerprint density at radius 2 is 1.65 bits per heavy atom. The van der Waals surface area contributed by atoms with Crippen molar-refractivity contribution >= 4 is 28.4 Å². The van der Waals surface area contributed by atoms with Crippen LogP contribution in [0.1, 0.15) is 15.9 Å². The molecule has 0 aliphatic carbocycles. The Balaban J connectivity index is 1.58. The van der Waals surface area contributed by atoms with Crippen molar-refractivity contribution in [1.82, 2.24) is 0 Å². The van der Waals surface area contributed by atoms with Gasteiger partial charge in [-0.15, -0.1) is 0 Å². The summed E-state index contributed by atoms with van der Waals surface area (Å²) in [4.78, 5) is 25.0. The maximum absolute atomic E-state index is 12.6. The highest BCUT2D eigenvalue weighted by Gasteiger charge is 2.14. The fourth-order valence-electron chi connectivity index (χ4n) is 3.39. The molecule has 0 fully saturated rings. The first-order chi connectivity index (χ1) is 15.0. The van der Waals surface area contributed by atoms with Crippen molar-refractivity contribution in [2.24, 2.45) is 0 Å². The zero-order chi connectivity index (χ0) is 22.0. The van der Waals surface area contributed by atoms with E-state index >= 15 is 0 Å². The third kappa shape index (κ3) is 4.32. The molecule has 1 heterocycles. The predicted octanol–water partition coefficient (Wildman–Crippen LogP) is 5.69. The summed E-state index contributed by atoms with van der Waals surface area (Å²) >= 11 is 5.95. The van der Waals surface area contributed by atoms with Gasteiger partial charge in [-0.2, -0.15) is 0 Å². The number of aryl methyl sites for hydroxylation is 1. The molecule has 0 bridgehead atoms. The summed E-state index contributed by atoms with van der Waals surface area (Å²) < 4.78 is 16.3. The van der Waals surface area contributed by atoms with Crippen LogP contribution in [0.4, 0.5) is 0 Å². The van der Waals surface area contributed by atoms with Gasteiger partial charge in [0.25, 0.3) is 0 Å². The van der Waals surface area contributed by atoms with E-state index in [2.05, 4.69) is 0 Å². The fraction of sp³-hybridized carbons (Fsp3) is 0.120. The lowest BCUT2D eigenvalue weighted by molar-refractivity contribution is 0.0921. The molecule has 5 nitrogen and oxygen atoms in total. The van der Waals surface area contributed by atoms with Crippen molar-refractivity contribution in [3.05, 3.63) is 93.3 Å². The molecule has 0 spiro atoms. The van der Waals surface area contributed by atoms with Gasteiger partial charge in [-0.3, -0.25) is 4.79 Å². The lowest BCUT2D eigenvalue weighted by Crippen LogP contribution is -2.11. The molecule has 0 radical (unpaired) electrons. The topological polar surface area (TPSA) is 65.7 Å². The van der Waals surface area contributed by atoms with Gasteiger partial charge in [0.05, 0.1) is 12.7 Å². The van der Waals surface area contributed by atoms with Crippen LogP contribution in [0, 0.1) is 6.92 Å². The highest BCUT2D eigenvalue weighted by atomic mass is 35.5. The van der Waals surface area contributed by atoms with E-state index in [-0.39, 0.29) is 12.4 Å². The highest BCUT2D eigenvalue weighted by Crippen LogP contribution is 2.29. The number of Topliss-reactive ketones (excluding diaryl/α,β-unsaturated/α-hetero) is 1. The van der Waals surface area contributed by atoms with Crippen LogP contribution in [0.2, 0.25) is 5.02 Å². The molecular weight excluding hydrogens is 416 g/mol. The number of benzene rings is 3. The summed E-state index contributed by atoms with van der Waals surface area (Å²) in [6.07, 6.45) is 0. The summed E-state index contributed by atoms with van der Waals surface area (Å²) in [5.74, 6) is 0.949. The van der Waals surface area contributed by atoms with Gasteiger partial charge in [0.1, 0.15) is 17.1 Å². The van der Waals surface area contributed by atoms with Gasteiger partial charge < -0.3 is 13.9 Å². The van der Waals surface area contributed by atoms with E-state index in [1.165, 1.54) is 0 Å². The zero-order valence-corrected chi connectivity index (χ0v) is 17.7. The first-order valence-corrected chi connectivity index (χ1v) is 9.97. The van der Waals surface area contributed by atoms with Crippen LogP contribution in [0.3, 0.4) is 0 Å². The molecule has 0 aliphatic heterocycles. The normalized spacial score (nSPS) is 10.8. The molecule has 1 aromatic heterocycles. The van der Waals surface area contributed by atoms with Crippen LogP contribution in [-0.4, -0.2) is 19.5 Å². The second-order valence-electron chi connectivity index (χ2n) is 6.99. The van der Waals surface area contributed by atoms with E-state index in [0.29, 0.717) is 33.2 Å². The van der Waals surface area contributed by atoms with Gasteiger partial charge in [-0.25, -0.2) is 4.79 Å². The highest BCUT2D eigenvalue weighted by molar-refractivity contribution is 6.30. The molecule has 0 saturated heterocycles. The summed E-state index contributed by atoms with van der Waals surface area (Å²) in [5.41, 5.74) is 2.51. The summed E-state index contributed by atoms with van der Waals surface area (Å²) in [6.45, 7) is 1.74. The second kappa shape index (κ2) is 8.66. The summed E-state index contributed by atoms with van der Waals surface area (Å²) in [5, 5.41) is 1.39. The second-order valence-corrected chi connectivity index (χ2v) is 7.43. The van der Waals surface area contributed by atoms with Crippen LogP contribution in [-0.2, 0) is 0 Å². The minimum Gasteiger partial charge on any atom is -0.497 e. The minimum atomic E-state index is -0.446. The number of ketones is 1. The maximum atomic E-state index is 12.6. The van der Waals surface area contributed by atoms with Gasteiger partial charge >= 0.3 is 5.63 Å². The monoisotopic (exact) mass is 434 g/mol.